The highest BCUT2D eigenvalue weighted by Gasteiger charge is 2.06. The molecule has 4 nitrogen and oxygen atoms in total. The van der Waals surface area contributed by atoms with Crippen molar-refractivity contribution in [3.05, 3.63) is 71.9 Å². The number of aromatic nitrogens is 2. The van der Waals surface area contributed by atoms with Gasteiger partial charge in [-0.05, 0) is 43.3 Å². The van der Waals surface area contributed by atoms with Crippen molar-refractivity contribution >= 4 is 23.3 Å². The number of hydrogen-bond acceptors (Lipinski definition) is 5. The van der Waals surface area contributed by atoms with Crippen molar-refractivity contribution < 1.29 is 4.39 Å². The maximum absolute atomic E-state index is 13.0. The molecule has 24 heavy (non-hydrogen) atoms. The summed E-state index contributed by atoms with van der Waals surface area (Å²) < 4.78 is 13.0. The van der Waals surface area contributed by atoms with Crippen LogP contribution in [0.4, 0.5) is 15.9 Å². The van der Waals surface area contributed by atoms with Gasteiger partial charge in [-0.25, -0.2) is 14.4 Å². The zero-order chi connectivity index (χ0) is 16.9. The lowest BCUT2D eigenvalue weighted by Crippen LogP contribution is -2.07. The molecule has 0 bridgehead atoms. The Morgan fingerprint density at radius 1 is 1.12 bits per heavy atom. The average Bonchev–Trinajstić information content (AvgIpc) is 2.57. The Kier molecular flexibility index (Phi) is 4.96. The van der Waals surface area contributed by atoms with Crippen molar-refractivity contribution in [1.29, 1.82) is 0 Å². The van der Waals surface area contributed by atoms with E-state index in [4.69, 9.17) is 5.73 Å². The van der Waals surface area contributed by atoms with E-state index in [0.717, 1.165) is 21.0 Å². The Morgan fingerprint density at radius 3 is 2.62 bits per heavy atom. The van der Waals surface area contributed by atoms with Crippen LogP contribution in [0, 0.1) is 12.7 Å². The van der Waals surface area contributed by atoms with Crippen molar-refractivity contribution in [1.82, 2.24) is 9.97 Å². The van der Waals surface area contributed by atoms with Gasteiger partial charge in [0.2, 0.25) is 0 Å². The number of hydrogen-bond donors (Lipinski definition) is 2. The number of anilines is 2. The Bertz CT molecular complexity index is 837. The number of nitrogens with two attached hydrogens (primary N) is 1. The van der Waals surface area contributed by atoms with Crippen LogP contribution in [0.15, 0.2) is 64.5 Å². The minimum atomic E-state index is -0.236. The third kappa shape index (κ3) is 4.02. The fraction of sp³-hybridized carbons (Fsp3) is 0.111. The van der Waals surface area contributed by atoms with Crippen molar-refractivity contribution in [3.63, 3.8) is 0 Å². The second-order valence-electron chi connectivity index (χ2n) is 5.23. The van der Waals surface area contributed by atoms with E-state index < -0.39 is 0 Å². The van der Waals surface area contributed by atoms with Crippen LogP contribution in [0.1, 0.15) is 11.4 Å². The number of aryl methyl sites for hydroxylation is 1. The normalized spacial score (nSPS) is 10.6. The van der Waals surface area contributed by atoms with Crippen molar-refractivity contribution in [2.24, 2.45) is 0 Å². The van der Waals surface area contributed by atoms with Gasteiger partial charge >= 0.3 is 0 Å². The van der Waals surface area contributed by atoms with Crippen molar-refractivity contribution in [2.75, 3.05) is 11.1 Å². The summed E-state index contributed by atoms with van der Waals surface area (Å²) >= 11 is 1.57. The predicted molar refractivity (Wildman–Crippen MR) is 95.5 cm³/mol. The molecule has 0 spiro atoms. The van der Waals surface area contributed by atoms with Gasteiger partial charge in [-0.15, -0.1) is 0 Å². The fourth-order valence-electron chi connectivity index (χ4n) is 2.17. The van der Waals surface area contributed by atoms with Crippen molar-refractivity contribution in [2.45, 2.75) is 23.3 Å². The summed E-state index contributed by atoms with van der Waals surface area (Å²) in [6, 6.07) is 14.4. The first-order valence-corrected chi connectivity index (χ1v) is 8.28. The Labute approximate surface area is 144 Å². The topological polar surface area (TPSA) is 63.8 Å². The SMILES string of the molecule is Cc1ncc(CNc2ccccc2Sc2ccc(F)cc2)c(N)n1. The number of nitrogens with one attached hydrogen (secondary N) is 1. The average molecular weight is 340 g/mol. The van der Waals surface area contributed by atoms with E-state index in [0.29, 0.717) is 18.2 Å². The lowest BCUT2D eigenvalue weighted by Gasteiger charge is -2.12. The molecule has 0 saturated heterocycles. The van der Waals surface area contributed by atoms with Gasteiger partial charge in [-0.3, -0.25) is 0 Å². The molecule has 3 aromatic rings. The van der Waals surface area contributed by atoms with Gasteiger partial charge in [0.25, 0.3) is 0 Å². The monoisotopic (exact) mass is 340 g/mol. The van der Waals surface area contributed by atoms with E-state index in [2.05, 4.69) is 15.3 Å². The molecule has 0 saturated carbocycles. The molecule has 3 rings (SSSR count). The quantitative estimate of drug-likeness (QED) is 0.726. The summed E-state index contributed by atoms with van der Waals surface area (Å²) in [4.78, 5) is 10.4. The summed E-state index contributed by atoms with van der Waals surface area (Å²) in [5.74, 6) is 0.905. The highest BCUT2D eigenvalue weighted by atomic mass is 32.2. The molecule has 1 aromatic heterocycles. The van der Waals surface area contributed by atoms with Crippen LogP contribution in [0.2, 0.25) is 0 Å². The Morgan fingerprint density at radius 2 is 1.88 bits per heavy atom. The maximum atomic E-state index is 13.0. The van der Waals surface area contributed by atoms with Crippen molar-refractivity contribution in [3.8, 4) is 0 Å². The molecule has 0 aliphatic heterocycles. The number of nitrogens with zero attached hydrogens (tertiary/aromatic N) is 2. The molecule has 0 fully saturated rings. The summed E-state index contributed by atoms with van der Waals surface area (Å²) in [6.45, 7) is 2.34. The number of para-hydroxylation sites is 1. The minimum Gasteiger partial charge on any atom is -0.383 e. The van der Waals surface area contributed by atoms with Crippen LogP contribution >= 0.6 is 11.8 Å². The van der Waals surface area contributed by atoms with E-state index in [1.165, 1.54) is 12.1 Å². The zero-order valence-corrected chi connectivity index (χ0v) is 14.0. The Balaban J connectivity index is 1.75. The molecule has 0 amide bonds. The molecule has 0 atom stereocenters. The van der Waals surface area contributed by atoms with Crippen LogP contribution in [-0.4, -0.2) is 9.97 Å². The summed E-state index contributed by atoms with van der Waals surface area (Å²) in [5, 5.41) is 3.37. The van der Waals surface area contributed by atoms with Gasteiger partial charge in [-0.2, -0.15) is 0 Å². The van der Waals surface area contributed by atoms with Crippen LogP contribution < -0.4 is 11.1 Å². The van der Waals surface area contributed by atoms with Crippen LogP contribution in [0.3, 0.4) is 0 Å². The first-order chi connectivity index (χ1) is 11.6. The van der Waals surface area contributed by atoms with Gasteiger partial charge < -0.3 is 11.1 Å². The first kappa shape index (κ1) is 16.3. The standard InChI is InChI=1S/C18H17FN4S/c1-12-21-10-13(18(20)23-12)11-22-16-4-2-3-5-17(16)24-15-8-6-14(19)7-9-15/h2-10,22H,11H2,1H3,(H2,20,21,23). The zero-order valence-electron chi connectivity index (χ0n) is 13.2. The third-order valence-corrected chi connectivity index (χ3v) is 4.50. The van der Waals surface area contributed by atoms with Gasteiger partial charge in [0, 0.05) is 33.8 Å². The number of halogens is 1. The summed E-state index contributed by atoms with van der Waals surface area (Å²) in [5.41, 5.74) is 7.76. The Hall–Kier alpha value is -2.60. The molecule has 0 unspecified atom stereocenters. The first-order valence-electron chi connectivity index (χ1n) is 7.46. The van der Waals surface area contributed by atoms with E-state index in [1.807, 2.05) is 31.2 Å². The maximum Gasteiger partial charge on any atom is 0.132 e. The third-order valence-electron chi connectivity index (χ3n) is 3.42. The second kappa shape index (κ2) is 7.31. The molecule has 0 aliphatic rings. The number of nitrogen functional groups attached to an aromatic ring is 1. The fourth-order valence-corrected chi connectivity index (χ4v) is 3.09. The summed E-state index contributed by atoms with van der Waals surface area (Å²) in [7, 11) is 0. The molecule has 122 valence electrons. The molecule has 0 aliphatic carbocycles. The van der Waals surface area contributed by atoms with Crippen LogP contribution in [-0.2, 0) is 6.54 Å². The summed E-state index contributed by atoms with van der Waals surface area (Å²) in [6.07, 6.45) is 1.74. The van der Waals surface area contributed by atoms with E-state index in [9.17, 15) is 4.39 Å². The lowest BCUT2D eigenvalue weighted by atomic mass is 10.2. The molecule has 0 radical (unpaired) electrons. The van der Waals surface area contributed by atoms with E-state index in [-0.39, 0.29) is 5.82 Å². The molecule has 2 aromatic carbocycles. The molecular weight excluding hydrogens is 323 g/mol. The smallest absolute Gasteiger partial charge is 0.132 e. The van der Waals surface area contributed by atoms with Gasteiger partial charge in [0.15, 0.2) is 0 Å². The van der Waals surface area contributed by atoms with E-state index in [1.54, 1.807) is 30.1 Å². The lowest BCUT2D eigenvalue weighted by molar-refractivity contribution is 0.626. The molecule has 1 heterocycles. The van der Waals surface area contributed by atoms with Gasteiger partial charge in [0.05, 0.1) is 0 Å². The minimum absolute atomic E-state index is 0.236. The van der Waals surface area contributed by atoms with Gasteiger partial charge in [0.1, 0.15) is 17.5 Å². The van der Waals surface area contributed by atoms with Gasteiger partial charge in [-0.1, -0.05) is 23.9 Å². The van der Waals surface area contributed by atoms with Crippen LogP contribution in [0.25, 0.3) is 0 Å². The number of rotatable bonds is 5. The number of benzene rings is 2. The highest BCUT2D eigenvalue weighted by Crippen LogP contribution is 2.33. The highest BCUT2D eigenvalue weighted by molar-refractivity contribution is 7.99. The largest absolute Gasteiger partial charge is 0.383 e. The predicted octanol–water partition coefficient (Wildman–Crippen LogP) is 4.27. The molecule has 6 heteroatoms. The molecule has 3 N–H and O–H groups in total. The van der Waals surface area contributed by atoms with E-state index >= 15 is 0 Å². The second-order valence-corrected chi connectivity index (χ2v) is 6.35. The van der Waals surface area contributed by atoms with Crippen LogP contribution in [0.5, 0.6) is 0 Å². The molecular formula is C18H17FN4S.